The highest BCUT2D eigenvalue weighted by atomic mass is 16.2. The molecule has 160 valence electrons. The summed E-state index contributed by atoms with van der Waals surface area (Å²) in [4.78, 5) is 14.6. The van der Waals surface area contributed by atoms with Crippen molar-refractivity contribution >= 4 is 17.6 Å². The number of allylic oxidation sites excluding steroid dienone is 1. The zero-order chi connectivity index (χ0) is 22.0. The lowest BCUT2D eigenvalue weighted by atomic mass is 9.99. The fourth-order valence-corrected chi connectivity index (χ4v) is 3.62. The van der Waals surface area contributed by atoms with Crippen molar-refractivity contribution in [1.29, 1.82) is 0 Å². The first-order valence-corrected chi connectivity index (χ1v) is 10.6. The molecule has 0 saturated heterocycles. The second kappa shape index (κ2) is 8.71. The first-order chi connectivity index (χ1) is 14.9. The highest BCUT2D eigenvalue weighted by molar-refractivity contribution is 5.89. The second-order valence-electron chi connectivity index (χ2n) is 8.48. The van der Waals surface area contributed by atoms with Crippen molar-refractivity contribution in [2.75, 3.05) is 18.0 Å². The third-order valence-electron chi connectivity index (χ3n) is 5.36. The smallest absolute Gasteiger partial charge is 0.251 e. The number of carbonyl (C=O) groups excluding carboxylic acids is 1. The number of rotatable bonds is 6. The van der Waals surface area contributed by atoms with Crippen molar-refractivity contribution in [3.63, 3.8) is 0 Å². The molecule has 1 atom stereocenters. The zero-order valence-corrected chi connectivity index (χ0v) is 18.4. The minimum absolute atomic E-state index is 0.0601. The highest BCUT2D eigenvalue weighted by Gasteiger charge is 2.31. The third kappa shape index (κ3) is 4.50. The number of aromatic nitrogens is 4. The lowest BCUT2D eigenvalue weighted by Gasteiger charge is -2.32. The van der Waals surface area contributed by atoms with Gasteiger partial charge >= 0.3 is 0 Å². The van der Waals surface area contributed by atoms with Gasteiger partial charge in [0, 0.05) is 6.54 Å². The number of nitrogens with one attached hydrogen (secondary N) is 1. The second-order valence-corrected chi connectivity index (χ2v) is 8.48. The molecule has 0 spiro atoms. The van der Waals surface area contributed by atoms with E-state index in [4.69, 9.17) is 0 Å². The van der Waals surface area contributed by atoms with Gasteiger partial charge in [0.1, 0.15) is 12.6 Å². The summed E-state index contributed by atoms with van der Waals surface area (Å²) in [5.41, 5.74) is 5.41. The number of hydrogen-bond donors (Lipinski definition) is 1. The first-order valence-electron chi connectivity index (χ1n) is 10.6. The Morgan fingerprint density at radius 3 is 2.32 bits per heavy atom. The van der Waals surface area contributed by atoms with E-state index in [1.54, 1.807) is 4.68 Å². The Labute approximate surface area is 182 Å². The summed E-state index contributed by atoms with van der Waals surface area (Å²) in [6, 6.07) is 16.5. The van der Waals surface area contributed by atoms with Crippen molar-refractivity contribution in [2.24, 2.45) is 5.92 Å². The van der Waals surface area contributed by atoms with Gasteiger partial charge in [-0.1, -0.05) is 78.6 Å². The molecule has 4 rings (SSSR count). The van der Waals surface area contributed by atoms with Gasteiger partial charge in [-0.3, -0.25) is 9.69 Å². The molecule has 0 fully saturated rings. The van der Waals surface area contributed by atoms with Gasteiger partial charge < -0.3 is 5.32 Å². The monoisotopic (exact) mass is 416 g/mol. The van der Waals surface area contributed by atoms with E-state index in [0.29, 0.717) is 18.4 Å². The number of anilines is 1. The molecule has 1 aromatic heterocycles. The molecule has 2 heterocycles. The maximum Gasteiger partial charge on any atom is 0.251 e. The van der Waals surface area contributed by atoms with E-state index in [0.717, 1.165) is 16.8 Å². The molecule has 1 aliphatic heterocycles. The molecule has 7 nitrogen and oxygen atoms in total. The molecule has 1 amide bonds. The number of fused-ring (bicyclic) bond motifs is 1. The Bertz CT molecular complexity index is 1080. The topological polar surface area (TPSA) is 75.9 Å². The van der Waals surface area contributed by atoms with E-state index in [-0.39, 0.29) is 18.5 Å². The average Bonchev–Trinajstić information content (AvgIpc) is 3.24. The summed E-state index contributed by atoms with van der Waals surface area (Å²) in [7, 11) is 0. The molecule has 0 unspecified atom stereocenters. The van der Waals surface area contributed by atoms with Crippen LogP contribution in [0.4, 0.5) is 5.95 Å². The predicted molar refractivity (Wildman–Crippen MR) is 121 cm³/mol. The summed E-state index contributed by atoms with van der Waals surface area (Å²) < 4.78 is 1.78. The summed E-state index contributed by atoms with van der Waals surface area (Å²) in [5.74, 6) is 0.882. The van der Waals surface area contributed by atoms with E-state index < -0.39 is 0 Å². The van der Waals surface area contributed by atoms with Gasteiger partial charge in [-0.2, -0.15) is 4.68 Å². The average molecular weight is 417 g/mol. The largest absolute Gasteiger partial charge is 0.354 e. The highest BCUT2D eigenvalue weighted by Crippen LogP contribution is 2.36. The molecule has 0 radical (unpaired) electrons. The summed E-state index contributed by atoms with van der Waals surface area (Å²) in [6.45, 7) is 9.06. The van der Waals surface area contributed by atoms with Crippen LogP contribution in [-0.4, -0.2) is 39.2 Å². The van der Waals surface area contributed by atoms with E-state index in [1.165, 1.54) is 11.1 Å². The number of carbonyl (C=O) groups is 1. The van der Waals surface area contributed by atoms with Crippen LogP contribution in [0.1, 0.15) is 42.1 Å². The van der Waals surface area contributed by atoms with Crippen LogP contribution in [0.2, 0.25) is 0 Å². The van der Waals surface area contributed by atoms with Crippen LogP contribution in [-0.2, 0) is 4.79 Å². The molecule has 1 N–H and O–H groups in total. The molecule has 0 bridgehead atoms. The number of nitrogens with zero attached hydrogens (tertiary/aromatic N) is 5. The number of aryl methyl sites for hydroxylation is 2. The van der Waals surface area contributed by atoms with Crippen LogP contribution in [0.25, 0.3) is 5.70 Å². The normalized spacial score (nSPS) is 15.6. The summed E-state index contributed by atoms with van der Waals surface area (Å²) in [6.07, 6.45) is 2.13. The van der Waals surface area contributed by atoms with Crippen LogP contribution in [0, 0.1) is 19.8 Å². The lowest BCUT2D eigenvalue weighted by Crippen LogP contribution is -2.41. The Kier molecular flexibility index (Phi) is 5.84. The minimum atomic E-state index is -0.156. The minimum Gasteiger partial charge on any atom is -0.354 e. The van der Waals surface area contributed by atoms with Crippen LogP contribution >= 0.6 is 0 Å². The van der Waals surface area contributed by atoms with E-state index in [9.17, 15) is 4.79 Å². The van der Waals surface area contributed by atoms with E-state index in [1.807, 2.05) is 4.90 Å². The maximum atomic E-state index is 12.7. The predicted octanol–water partition coefficient (Wildman–Crippen LogP) is 3.51. The number of hydrogen-bond acceptors (Lipinski definition) is 5. The van der Waals surface area contributed by atoms with E-state index in [2.05, 4.69) is 103 Å². The standard InChI is InChI=1S/C24H28N6O/c1-16(2)14-25-23(31)15-29-21(19-9-5-17(3)6-10-19)13-22(30-24(29)26-27-28-30)20-11-7-18(4)8-12-20/h5-13,16,22H,14-15H2,1-4H3,(H,25,31)/t22-/m0/s1. The fraction of sp³-hybridized carbons (Fsp3) is 0.333. The molecular weight excluding hydrogens is 388 g/mol. The Morgan fingerprint density at radius 2 is 1.68 bits per heavy atom. The molecule has 7 heteroatoms. The zero-order valence-electron chi connectivity index (χ0n) is 18.4. The van der Waals surface area contributed by atoms with Gasteiger partial charge in [0.05, 0.1) is 5.70 Å². The van der Waals surface area contributed by atoms with Crippen LogP contribution in [0.15, 0.2) is 54.6 Å². The van der Waals surface area contributed by atoms with Gasteiger partial charge in [0.2, 0.25) is 5.91 Å². The molecule has 1 aliphatic rings. The van der Waals surface area contributed by atoms with Gasteiger partial charge in [-0.05, 0) is 47.4 Å². The van der Waals surface area contributed by atoms with Crippen molar-refractivity contribution in [2.45, 2.75) is 33.7 Å². The maximum absolute atomic E-state index is 12.7. The van der Waals surface area contributed by atoms with Crippen molar-refractivity contribution < 1.29 is 4.79 Å². The third-order valence-corrected chi connectivity index (χ3v) is 5.36. The van der Waals surface area contributed by atoms with Gasteiger partial charge in [-0.25, -0.2) is 0 Å². The summed E-state index contributed by atoms with van der Waals surface area (Å²) >= 11 is 0. The molecule has 2 aromatic carbocycles. The molecule has 31 heavy (non-hydrogen) atoms. The summed E-state index contributed by atoms with van der Waals surface area (Å²) in [5, 5.41) is 15.5. The quantitative estimate of drug-likeness (QED) is 0.665. The molecule has 0 aliphatic carbocycles. The Balaban J connectivity index is 1.76. The van der Waals surface area contributed by atoms with Crippen molar-refractivity contribution in [3.05, 3.63) is 76.9 Å². The Morgan fingerprint density at radius 1 is 1.03 bits per heavy atom. The van der Waals surface area contributed by atoms with Crippen LogP contribution < -0.4 is 10.2 Å². The van der Waals surface area contributed by atoms with Gasteiger partial charge in [0.25, 0.3) is 5.95 Å². The fourth-order valence-electron chi connectivity index (χ4n) is 3.62. The van der Waals surface area contributed by atoms with E-state index >= 15 is 0 Å². The Hall–Kier alpha value is -3.48. The van der Waals surface area contributed by atoms with Crippen molar-refractivity contribution in [1.82, 2.24) is 25.5 Å². The van der Waals surface area contributed by atoms with Crippen molar-refractivity contribution in [3.8, 4) is 0 Å². The molecule has 0 saturated carbocycles. The lowest BCUT2D eigenvalue weighted by molar-refractivity contribution is -0.119. The number of tetrazole rings is 1. The molecular formula is C24H28N6O. The van der Waals surface area contributed by atoms with Gasteiger partial charge in [0.15, 0.2) is 0 Å². The SMILES string of the molecule is Cc1ccc(C2=C[C@@H](c3ccc(C)cc3)n3nnnc3N2CC(=O)NCC(C)C)cc1. The first kappa shape index (κ1) is 20.8. The number of amides is 1. The molecule has 3 aromatic rings. The van der Waals surface area contributed by atoms with Crippen LogP contribution in [0.3, 0.4) is 0 Å². The van der Waals surface area contributed by atoms with Crippen LogP contribution in [0.5, 0.6) is 0 Å². The number of benzene rings is 2. The van der Waals surface area contributed by atoms with Gasteiger partial charge in [-0.15, -0.1) is 0 Å².